The minimum absolute atomic E-state index is 0.196. The summed E-state index contributed by atoms with van der Waals surface area (Å²) in [4.78, 5) is 21.7. The van der Waals surface area contributed by atoms with E-state index in [9.17, 15) is 9.59 Å². The van der Waals surface area contributed by atoms with Crippen LogP contribution < -0.4 is 5.73 Å². The molecule has 14 heavy (non-hydrogen) atoms. The van der Waals surface area contributed by atoms with Crippen molar-refractivity contribution in [1.82, 2.24) is 0 Å². The third-order valence-corrected chi connectivity index (χ3v) is 3.29. The summed E-state index contributed by atoms with van der Waals surface area (Å²) in [5, 5.41) is 17.7. The molecule has 2 fully saturated rings. The Kier molecular flexibility index (Phi) is 1.55. The largest absolute Gasteiger partial charge is 0.481 e. The lowest BCUT2D eigenvalue weighted by Crippen LogP contribution is -2.49. The average Bonchev–Trinajstić information content (AvgIpc) is 2.72. The Labute approximate surface area is 80.2 Å². The van der Waals surface area contributed by atoms with Gasteiger partial charge in [0.15, 0.2) is 0 Å². The van der Waals surface area contributed by atoms with Gasteiger partial charge in [-0.05, 0) is 12.3 Å². The Morgan fingerprint density at radius 3 is 2.43 bits per heavy atom. The van der Waals surface area contributed by atoms with E-state index in [4.69, 9.17) is 15.9 Å². The zero-order valence-corrected chi connectivity index (χ0v) is 7.43. The van der Waals surface area contributed by atoms with Gasteiger partial charge in [-0.25, -0.2) is 0 Å². The second-order valence-electron chi connectivity index (χ2n) is 4.10. The molecule has 5 heteroatoms. The van der Waals surface area contributed by atoms with Crippen LogP contribution in [-0.4, -0.2) is 27.7 Å². The third-order valence-electron chi connectivity index (χ3n) is 3.29. The first-order valence-corrected chi connectivity index (χ1v) is 4.32. The predicted octanol–water partition coefficient (Wildman–Crippen LogP) is -0.325. The zero-order chi connectivity index (χ0) is 10.7. The van der Waals surface area contributed by atoms with Crippen LogP contribution in [0.15, 0.2) is 12.2 Å². The number of carboxylic acid groups (broad SMARTS) is 2. The second kappa shape index (κ2) is 2.36. The summed E-state index contributed by atoms with van der Waals surface area (Å²) in [6, 6.07) is 0. The smallest absolute Gasteiger partial charge is 0.324 e. The Hall–Kier alpha value is -1.36. The third kappa shape index (κ3) is 0.874. The van der Waals surface area contributed by atoms with Gasteiger partial charge in [-0.1, -0.05) is 12.2 Å². The highest BCUT2D eigenvalue weighted by Gasteiger charge is 2.71. The van der Waals surface area contributed by atoms with Crippen molar-refractivity contribution < 1.29 is 19.8 Å². The van der Waals surface area contributed by atoms with Crippen molar-refractivity contribution in [1.29, 1.82) is 0 Å². The van der Waals surface area contributed by atoms with Gasteiger partial charge in [0.1, 0.15) is 5.54 Å². The van der Waals surface area contributed by atoms with Crippen LogP contribution in [0.5, 0.6) is 0 Å². The zero-order valence-electron chi connectivity index (χ0n) is 7.43. The summed E-state index contributed by atoms with van der Waals surface area (Å²) in [6.07, 6.45) is 0.196. The van der Waals surface area contributed by atoms with Crippen molar-refractivity contribution in [3.05, 3.63) is 12.2 Å². The van der Waals surface area contributed by atoms with Gasteiger partial charge >= 0.3 is 11.9 Å². The van der Waals surface area contributed by atoms with E-state index in [0.29, 0.717) is 5.57 Å². The molecule has 2 aliphatic rings. The van der Waals surface area contributed by atoms with Crippen molar-refractivity contribution >= 4 is 11.9 Å². The minimum atomic E-state index is -1.41. The number of hydrogen-bond acceptors (Lipinski definition) is 3. The molecule has 4 N–H and O–H groups in total. The Balaban J connectivity index is 2.31. The van der Waals surface area contributed by atoms with Crippen LogP contribution in [0.25, 0.3) is 0 Å². The summed E-state index contributed by atoms with van der Waals surface area (Å²) >= 11 is 0. The molecule has 0 aromatic carbocycles. The molecule has 5 nitrogen and oxygen atoms in total. The molecule has 4 atom stereocenters. The van der Waals surface area contributed by atoms with Crippen LogP contribution >= 0.6 is 0 Å². The number of nitrogens with two attached hydrogens (primary N) is 1. The van der Waals surface area contributed by atoms with E-state index < -0.39 is 29.3 Å². The van der Waals surface area contributed by atoms with Gasteiger partial charge < -0.3 is 15.9 Å². The maximum Gasteiger partial charge on any atom is 0.324 e. The fourth-order valence-corrected chi connectivity index (χ4v) is 2.60. The van der Waals surface area contributed by atoms with Crippen LogP contribution in [0.1, 0.15) is 6.42 Å². The van der Waals surface area contributed by atoms with Crippen molar-refractivity contribution in [3.8, 4) is 0 Å². The second-order valence-corrected chi connectivity index (χ2v) is 4.10. The van der Waals surface area contributed by atoms with Crippen molar-refractivity contribution in [2.45, 2.75) is 12.0 Å². The molecule has 0 heterocycles. The highest BCUT2D eigenvalue weighted by molar-refractivity contribution is 5.86. The van der Waals surface area contributed by atoms with E-state index in [2.05, 4.69) is 6.58 Å². The van der Waals surface area contributed by atoms with E-state index >= 15 is 0 Å². The standard InChI is InChI=1S/C9H11NO4/c1-3-2-9(10,8(13)14)6-4(3)5(6)7(11)12/h4-6H,1-2,10H2,(H,11,12)(H,13,14)/t4-,5-,6+,9-/m1/s1. The maximum absolute atomic E-state index is 10.9. The number of hydrogen-bond donors (Lipinski definition) is 3. The molecule has 0 aromatic rings. The molecule has 0 aliphatic heterocycles. The number of carbonyl (C=O) groups is 2. The Morgan fingerprint density at radius 2 is 2.07 bits per heavy atom. The molecule has 0 aromatic heterocycles. The minimum Gasteiger partial charge on any atom is -0.481 e. The summed E-state index contributed by atoms with van der Waals surface area (Å²) in [6.45, 7) is 3.68. The molecule has 2 aliphatic carbocycles. The van der Waals surface area contributed by atoms with E-state index in [1.54, 1.807) is 0 Å². The van der Waals surface area contributed by atoms with Crippen molar-refractivity contribution in [2.24, 2.45) is 23.5 Å². The lowest BCUT2D eigenvalue weighted by molar-refractivity contribution is -0.145. The van der Waals surface area contributed by atoms with Crippen LogP contribution in [-0.2, 0) is 9.59 Å². The first-order valence-electron chi connectivity index (χ1n) is 4.32. The normalized spacial score (nSPS) is 44.6. The highest BCUT2D eigenvalue weighted by atomic mass is 16.4. The van der Waals surface area contributed by atoms with E-state index in [0.717, 1.165) is 0 Å². The molecule has 0 unspecified atom stereocenters. The lowest BCUT2D eigenvalue weighted by atomic mass is 9.90. The molecule has 2 rings (SSSR count). The van der Waals surface area contributed by atoms with Crippen molar-refractivity contribution in [2.75, 3.05) is 0 Å². The molecule has 0 radical (unpaired) electrons. The SMILES string of the molecule is C=C1C[C@](N)(C(=O)O)[C@H]2[C@H]1[C@H]2C(=O)O. The summed E-state index contributed by atoms with van der Waals surface area (Å²) < 4.78 is 0. The summed E-state index contributed by atoms with van der Waals surface area (Å²) in [5.41, 5.74) is 4.93. The van der Waals surface area contributed by atoms with Crippen molar-refractivity contribution in [3.63, 3.8) is 0 Å². The van der Waals surface area contributed by atoms with Gasteiger partial charge in [0.25, 0.3) is 0 Å². The first-order chi connectivity index (χ1) is 6.39. The van der Waals surface area contributed by atoms with Crippen LogP contribution in [0.4, 0.5) is 0 Å². The maximum atomic E-state index is 10.9. The van der Waals surface area contributed by atoms with E-state index in [1.807, 2.05) is 0 Å². The molecular formula is C9H11NO4. The van der Waals surface area contributed by atoms with Gasteiger partial charge in [-0.3, -0.25) is 9.59 Å². The topological polar surface area (TPSA) is 101 Å². The van der Waals surface area contributed by atoms with Gasteiger partial charge in [0, 0.05) is 5.92 Å². The fraction of sp³-hybridized carbons (Fsp3) is 0.556. The number of rotatable bonds is 2. The van der Waals surface area contributed by atoms with E-state index in [1.165, 1.54) is 0 Å². The molecular weight excluding hydrogens is 186 g/mol. The quantitative estimate of drug-likeness (QED) is 0.526. The Morgan fingerprint density at radius 1 is 1.50 bits per heavy atom. The van der Waals surface area contributed by atoms with Gasteiger partial charge in [-0.2, -0.15) is 0 Å². The molecule has 0 amide bonds. The van der Waals surface area contributed by atoms with E-state index in [-0.39, 0.29) is 12.3 Å². The first kappa shape index (κ1) is 9.21. The average molecular weight is 197 g/mol. The highest BCUT2D eigenvalue weighted by Crippen LogP contribution is 2.63. The molecule has 2 saturated carbocycles. The lowest BCUT2D eigenvalue weighted by Gasteiger charge is -2.21. The summed E-state index contributed by atoms with van der Waals surface area (Å²) in [7, 11) is 0. The molecule has 0 saturated heterocycles. The molecule has 76 valence electrons. The molecule has 0 bridgehead atoms. The van der Waals surface area contributed by atoms with Crippen LogP contribution in [0, 0.1) is 17.8 Å². The van der Waals surface area contributed by atoms with Gasteiger partial charge in [0.05, 0.1) is 5.92 Å². The predicted molar refractivity (Wildman–Crippen MR) is 46.4 cm³/mol. The summed E-state index contributed by atoms with van der Waals surface area (Å²) in [5.74, 6) is -3.44. The monoisotopic (exact) mass is 197 g/mol. The number of carboxylic acids is 2. The van der Waals surface area contributed by atoms with Gasteiger partial charge in [0.2, 0.25) is 0 Å². The van der Waals surface area contributed by atoms with Crippen LogP contribution in [0.3, 0.4) is 0 Å². The molecule has 0 spiro atoms. The van der Waals surface area contributed by atoms with Gasteiger partial charge in [-0.15, -0.1) is 0 Å². The fourth-order valence-electron chi connectivity index (χ4n) is 2.60. The number of aliphatic carboxylic acids is 2. The Bertz CT molecular complexity index is 347. The van der Waals surface area contributed by atoms with Crippen LogP contribution in [0.2, 0.25) is 0 Å². The number of fused-ring (bicyclic) bond motifs is 1.